The van der Waals surface area contributed by atoms with E-state index in [4.69, 9.17) is 19.2 Å². The highest BCUT2D eigenvalue weighted by Crippen LogP contribution is 2.30. The van der Waals surface area contributed by atoms with Gasteiger partial charge in [0.25, 0.3) is 0 Å². The van der Waals surface area contributed by atoms with E-state index in [1.807, 2.05) is 25.1 Å². The number of benzene rings is 2. The molecule has 0 bridgehead atoms. The quantitative estimate of drug-likeness (QED) is 0.298. The summed E-state index contributed by atoms with van der Waals surface area (Å²) in [5, 5.41) is 6.68. The normalized spacial score (nSPS) is 13.9. The molecule has 2 N–H and O–H groups in total. The number of para-hydroxylation sites is 1. The number of nitrogens with one attached hydrogen (secondary N) is 2. The molecule has 0 saturated carbocycles. The van der Waals surface area contributed by atoms with E-state index in [0.717, 1.165) is 44.5 Å². The molecule has 31 heavy (non-hydrogen) atoms. The lowest BCUT2D eigenvalue weighted by atomic mass is 10.1. The van der Waals surface area contributed by atoms with Crippen molar-refractivity contribution in [3.05, 3.63) is 48.0 Å². The van der Waals surface area contributed by atoms with Crippen LogP contribution in [0.5, 0.6) is 11.5 Å². The minimum absolute atomic E-state index is 0. The molecule has 8 heteroatoms. The molecule has 0 aliphatic carbocycles. The molecule has 2 aromatic carbocycles. The first-order valence-electron chi connectivity index (χ1n) is 10.5. The summed E-state index contributed by atoms with van der Waals surface area (Å²) < 4.78 is 16.5. The lowest BCUT2D eigenvalue weighted by molar-refractivity contribution is 0.122. The number of morpholine rings is 1. The van der Waals surface area contributed by atoms with Crippen molar-refractivity contribution in [1.82, 2.24) is 5.32 Å². The van der Waals surface area contributed by atoms with Crippen molar-refractivity contribution in [2.24, 2.45) is 4.99 Å². The van der Waals surface area contributed by atoms with Crippen molar-refractivity contribution in [3.8, 4) is 11.5 Å². The summed E-state index contributed by atoms with van der Waals surface area (Å²) >= 11 is 0. The van der Waals surface area contributed by atoms with Crippen LogP contribution in [-0.4, -0.2) is 52.5 Å². The minimum Gasteiger partial charge on any atom is -0.493 e. The molecular formula is C23H33IN4O3. The second kappa shape index (κ2) is 13.3. The SMILES string of the molecule is CCNC(=NCc1ccccc1N1CCOCC1)Nc1ccc(OC)c(OCC)c1.I. The van der Waals surface area contributed by atoms with Crippen LogP contribution in [0.15, 0.2) is 47.5 Å². The van der Waals surface area contributed by atoms with Crippen LogP contribution in [0.4, 0.5) is 11.4 Å². The van der Waals surface area contributed by atoms with Gasteiger partial charge in [-0.15, -0.1) is 24.0 Å². The van der Waals surface area contributed by atoms with Crippen LogP contribution in [0, 0.1) is 0 Å². The third-order valence-electron chi connectivity index (χ3n) is 4.82. The molecule has 1 saturated heterocycles. The second-order valence-corrected chi connectivity index (χ2v) is 6.85. The van der Waals surface area contributed by atoms with Crippen LogP contribution in [0.3, 0.4) is 0 Å². The third-order valence-corrected chi connectivity index (χ3v) is 4.82. The Balaban J connectivity index is 0.00000341. The second-order valence-electron chi connectivity index (χ2n) is 6.85. The Labute approximate surface area is 202 Å². The van der Waals surface area contributed by atoms with Crippen molar-refractivity contribution < 1.29 is 14.2 Å². The summed E-state index contributed by atoms with van der Waals surface area (Å²) in [7, 11) is 1.64. The monoisotopic (exact) mass is 540 g/mol. The zero-order chi connectivity index (χ0) is 21.2. The highest BCUT2D eigenvalue weighted by molar-refractivity contribution is 14.0. The largest absolute Gasteiger partial charge is 0.493 e. The number of hydrogen-bond acceptors (Lipinski definition) is 5. The van der Waals surface area contributed by atoms with Gasteiger partial charge in [-0.05, 0) is 37.6 Å². The molecule has 0 radical (unpaired) electrons. The van der Waals surface area contributed by atoms with Crippen molar-refractivity contribution in [2.75, 3.05) is 56.8 Å². The first-order chi connectivity index (χ1) is 14.7. The van der Waals surface area contributed by atoms with Gasteiger partial charge < -0.3 is 29.7 Å². The van der Waals surface area contributed by atoms with Gasteiger partial charge >= 0.3 is 0 Å². The molecule has 0 atom stereocenters. The molecule has 1 aliphatic rings. The number of ether oxygens (including phenoxy) is 3. The third kappa shape index (κ3) is 7.17. The fourth-order valence-corrected chi connectivity index (χ4v) is 3.39. The van der Waals surface area contributed by atoms with Crippen LogP contribution in [-0.2, 0) is 11.3 Å². The van der Waals surface area contributed by atoms with E-state index >= 15 is 0 Å². The molecule has 0 amide bonds. The van der Waals surface area contributed by atoms with Gasteiger partial charge in [0.2, 0.25) is 0 Å². The highest BCUT2D eigenvalue weighted by atomic mass is 127. The number of aliphatic imine (C=N–C) groups is 1. The zero-order valence-electron chi connectivity index (χ0n) is 18.5. The number of rotatable bonds is 8. The summed E-state index contributed by atoms with van der Waals surface area (Å²) in [6.07, 6.45) is 0. The number of hydrogen-bond donors (Lipinski definition) is 2. The molecule has 0 aromatic heterocycles. The highest BCUT2D eigenvalue weighted by Gasteiger charge is 2.14. The summed E-state index contributed by atoms with van der Waals surface area (Å²) in [6.45, 7) is 9.28. The maximum absolute atomic E-state index is 5.68. The molecule has 1 aliphatic heterocycles. The average Bonchev–Trinajstić information content (AvgIpc) is 2.79. The number of guanidine groups is 1. The van der Waals surface area contributed by atoms with E-state index in [1.165, 1.54) is 11.3 Å². The molecule has 170 valence electrons. The van der Waals surface area contributed by atoms with E-state index in [1.54, 1.807) is 7.11 Å². The van der Waals surface area contributed by atoms with Crippen molar-refractivity contribution in [1.29, 1.82) is 0 Å². The molecule has 0 spiro atoms. The zero-order valence-corrected chi connectivity index (χ0v) is 20.8. The van der Waals surface area contributed by atoms with Gasteiger partial charge in [-0.3, -0.25) is 0 Å². The maximum Gasteiger partial charge on any atom is 0.196 e. The lowest BCUT2D eigenvalue weighted by Crippen LogP contribution is -2.36. The van der Waals surface area contributed by atoms with Crippen molar-refractivity contribution in [3.63, 3.8) is 0 Å². The summed E-state index contributed by atoms with van der Waals surface area (Å²) in [5.74, 6) is 2.14. The van der Waals surface area contributed by atoms with Gasteiger partial charge in [0.15, 0.2) is 17.5 Å². The van der Waals surface area contributed by atoms with Gasteiger partial charge in [-0.2, -0.15) is 0 Å². The van der Waals surface area contributed by atoms with E-state index in [2.05, 4.69) is 46.7 Å². The Morgan fingerprint density at radius 2 is 1.87 bits per heavy atom. The van der Waals surface area contributed by atoms with Gasteiger partial charge in [-0.25, -0.2) is 4.99 Å². The minimum atomic E-state index is 0. The van der Waals surface area contributed by atoms with E-state index in [9.17, 15) is 0 Å². The Bertz CT molecular complexity index is 841. The predicted molar refractivity (Wildman–Crippen MR) is 137 cm³/mol. The number of halogens is 1. The summed E-state index contributed by atoms with van der Waals surface area (Å²) in [5.41, 5.74) is 3.31. The molecule has 3 rings (SSSR count). The smallest absolute Gasteiger partial charge is 0.196 e. The molecule has 2 aromatic rings. The van der Waals surface area contributed by atoms with E-state index < -0.39 is 0 Å². The Morgan fingerprint density at radius 3 is 2.58 bits per heavy atom. The van der Waals surface area contributed by atoms with Gasteiger partial charge in [0, 0.05) is 37.1 Å². The van der Waals surface area contributed by atoms with E-state index in [-0.39, 0.29) is 24.0 Å². The standard InChI is InChI=1S/C23H32N4O3.HI/c1-4-24-23(26-19-10-11-21(28-3)22(16-19)30-5-2)25-17-18-8-6-7-9-20(18)27-12-14-29-15-13-27;/h6-11,16H,4-5,12-15,17H2,1-3H3,(H2,24,25,26);1H. The number of anilines is 2. The molecule has 0 unspecified atom stereocenters. The Hall–Kier alpha value is -2.20. The fourth-order valence-electron chi connectivity index (χ4n) is 3.39. The molecular weight excluding hydrogens is 507 g/mol. The fraction of sp³-hybridized carbons (Fsp3) is 0.435. The topological polar surface area (TPSA) is 67.4 Å². The predicted octanol–water partition coefficient (Wildman–Crippen LogP) is 4.13. The van der Waals surface area contributed by atoms with Crippen LogP contribution < -0.4 is 25.0 Å². The molecule has 7 nitrogen and oxygen atoms in total. The molecule has 1 fully saturated rings. The molecule has 1 heterocycles. The van der Waals surface area contributed by atoms with Gasteiger partial charge in [-0.1, -0.05) is 18.2 Å². The van der Waals surface area contributed by atoms with Crippen molar-refractivity contribution >= 4 is 41.3 Å². The lowest BCUT2D eigenvalue weighted by Gasteiger charge is -2.30. The first-order valence-corrected chi connectivity index (χ1v) is 10.5. The van der Waals surface area contributed by atoms with Gasteiger partial charge in [0.05, 0.1) is 33.5 Å². The van der Waals surface area contributed by atoms with Crippen molar-refractivity contribution in [2.45, 2.75) is 20.4 Å². The van der Waals surface area contributed by atoms with Crippen LogP contribution >= 0.6 is 24.0 Å². The van der Waals surface area contributed by atoms with Crippen LogP contribution in [0.1, 0.15) is 19.4 Å². The van der Waals surface area contributed by atoms with Crippen LogP contribution in [0.2, 0.25) is 0 Å². The Kier molecular flexibility index (Phi) is 10.7. The Morgan fingerprint density at radius 1 is 1.10 bits per heavy atom. The van der Waals surface area contributed by atoms with Gasteiger partial charge in [0.1, 0.15) is 0 Å². The number of nitrogens with zero attached hydrogens (tertiary/aromatic N) is 2. The summed E-state index contributed by atoms with van der Waals surface area (Å²) in [6, 6.07) is 14.2. The number of methoxy groups -OCH3 is 1. The van der Waals surface area contributed by atoms with E-state index in [0.29, 0.717) is 24.7 Å². The average molecular weight is 540 g/mol. The van der Waals surface area contributed by atoms with Crippen LogP contribution in [0.25, 0.3) is 0 Å². The maximum atomic E-state index is 5.68. The first kappa shape index (κ1) is 25.1. The summed E-state index contributed by atoms with van der Waals surface area (Å²) in [4.78, 5) is 7.18.